The summed E-state index contributed by atoms with van der Waals surface area (Å²) in [5.41, 5.74) is 1.25. The van der Waals surface area contributed by atoms with Gasteiger partial charge in [-0.15, -0.1) is 0 Å². The molecule has 3 nitrogen and oxygen atoms in total. The van der Waals surface area contributed by atoms with Gasteiger partial charge < -0.3 is 10.1 Å². The number of carbonyl (C=O) groups excluding carboxylic acids is 1. The Morgan fingerprint density at radius 1 is 1.30 bits per heavy atom. The Kier molecular flexibility index (Phi) is 4.05. The van der Waals surface area contributed by atoms with Gasteiger partial charge in [-0.05, 0) is 37.3 Å². The predicted molar refractivity (Wildman–Crippen MR) is 78.6 cm³/mol. The number of allylic oxidation sites excluding steroid dienone is 2. The summed E-state index contributed by atoms with van der Waals surface area (Å²) in [6, 6.07) is 8.16. The van der Waals surface area contributed by atoms with Gasteiger partial charge in [-0.3, -0.25) is 4.79 Å². The molecule has 0 bridgehead atoms. The van der Waals surface area contributed by atoms with Crippen molar-refractivity contribution >= 4 is 5.91 Å². The van der Waals surface area contributed by atoms with Gasteiger partial charge in [0, 0.05) is 18.4 Å². The molecule has 1 aromatic carbocycles. The monoisotopic (exact) mass is 271 g/mol. The third kappa shape index (κ3) is 3.03. The molecular formula is C17H21NO2. The lowest BCUT2D eigenvalue weighted by Gasteiger charge is -2.26. The first-order valence-corrected chi connectivity index (χ1v) is 7.46. The van der Waals surface area contributed by atoms with Crippen molar-refractivity contribution in [1.29, 1.82) is 0 Å². The van der Waals surface area contributed by atoms with Crippen molar-refractivity contribution in [1.82, 2.24) is 5.32 Å². The SMILES string of the molecule is O=C(NCC1COc2ccccc2C1)C1CC=CCC1. The summed E-state index contributed by atoms with van der Waals surface area (Å²) in [6.07, 6.45) is 8.16. The highest BCUT2D eigenvalue weighted by atomic mass is 16.5. The van der Waals surface area contributed by atoms with E-state index in [1.807, 2.05) is 18.2 Å². The number of benzene rings is 1. The number of para-hydroxylation sites is 1. The highest BCUT2D eigenvalue weighted by Gasteiger charge is 2.22. The van der Waals surface area contributed by atoms with Gasteiger partial charge in [0.05, 0.1) is 6.61 Å². The van der Waals surface area contributed by atoms with Crippen LogP contribution in [-0.2, 0) is 11.2 Å². The highest BCUT2D eigenvalue weighted by molar-refractivity contribution is 5.78. The second-order valence-electron chi connectivity index (χ2n) is 5.72. The number of rotatable bonds is 3. The van der Waals surface area contributed by atoms with Gasteiger partial charge in [0.25, 0.3) is 0 Å². The summed E-state index contributed by atoms with van der Waals surface area (Å²) >= 11 is 0. The fourth-order valence-electron chi connectivity index (χ4n) is 2.94. The first kappa shape index (κ1) is 13.2. The van der Waals surface area contributed by atoms with E-state index in [4.69, 9.17) is 4.74 Å². The molecule has 2 unspecified atom stereocenters. The second kappa shape index (κ2) is 6.12. The van der Waals surface area contributed by atoms with Crippen LogP contribution in [-0.4, -0.2) is 19.1 Å². The van der Waals surface area contributed by atoms with E-state index >= 15 is 0 Å². The molecule has 1 aromatic rings. The average molecular weight is 271 g/mol. The van der Waals surface area contributed by atoms with Crippen LogP contribution >= 0.6 is 0 Å². The Bertz CT molecular complexity index is 509. The van der Waals surface area contributed by atoms with Crippen LogP contribution in [0.4, 0.5) is 0 Å². The maximum absolute atomic E-state index is 12.1. The minimum absolute atomic E-state index is 0.164. The normalized spacial score (nSPS) is 24.6. The summed E-state index contributed by atoms with van der Waals surface area (Å²) in [5.74, 6) is 1.74. The van der Waals surface area contributed by atoms with Crippen LogP contribution in [0.15, 0.2) is 36.4 Å². The first-order valence-electron chi connectivity index (χ1n) is 7.46. The third-order valence-corrected chi connectivity index (χ3v) is 4.16. The molecular weight excluding hydrogens is 250 g/mol. The first-order chi connectivity index (χ1) is 9.83. The van der Waals surface area contributed by atoms with Crippen LogP contribution in [0.2, 0.25) is 0 Å². The molecule has 0 saturated heterocycles. The fourth-order valence-corrected chi connectivity index (χ4v) is 2.94. The zero-order chi connectivity index (χ0) is 13.8. The van der Waals surface area contributed by atoms with Crippen LogP contribution in [0.25, 0.3) is 0 Å². The largest absolute Gasteiger partial charge is 0.493 e. The molecule has 2 aliphatic rings. The minimum atomic E-state index is 0.164. The molecule has 1 N–H and O–H groups in total. The standard InChI is InChI=1S/C17H21NO2/c19-17(14-6-2-1-3-7-14)18-11-13-10-15-8-4-5-9-16(15)20-12-13/h1-2,4-5,8-9,13-14H,3,6-7,10-12H2,(H,18,19). The van der Waals surface area contributed by atoms with Gasteiger partial charge in [-0.2, -0.15) is 0 Å². The van der Waals surface area contributed by atoms with Crippen LogP contribution in [0, 0.1) is 11.8 Å². The van der Waals surface area contributed by atoms with Crippen LogP contribution in [0.5, 0.6) is 5.75 Å². The van der Waals surface area contributed by atoms with Crippen LogP contribution < -0.4 is 10.1 Å². The van der Waals surface area contributed by atoms with Crippen molar-refractivity contribution in [3.63, 3.8) is 0 Å². The molecule has 2 atom stereocenters. The Labute approximate surface area is 120 Å². The van der Waals surface area contributed by atoms with Crippen molar-refractivity contribution in [3.05, 3.63) is 42.0 Å². The molecule has 1 amide bonds. The number of hydrogen-bond acceptors (Lipinski definition) is 2. The lowest BCUT2D eigenvalue weighted by molar-refractivity contribution is -0.125. The summed E-state index contributed by atoms with van der Waals surface area (Å²) in [6.45, 7) is 1.41. The van der Waals surface area contributed by atoms with Gasteiger partial charge in [-0.1, -0.05) is 30.4 Å². The Morgan fingerprint density at radius 3 is 3.05 bits per heavy atom. The third-order valence-electron chi connectivity index (χ3n) is 4.16. The quantitative estimate of drug-likeness (QED) is 0.858. The molecule has 1 aliphatic heterocycles. The summed E-state index contributed by atoms with van der Waals surface area (Å²) in [5, 5.41) is 3.10. The Morgan fingerprint density at radius 2 is 2.20 bits per heavy atom. The van der Waals surface area contributed by atoms with Crippen molar-refractivity contribution < 1.29 is 9.53 Å². The van der Waals surface area contributed by atoms with E-state index in [2.05, 4.69) is 23.5 Å². The van der Waals surface area contributed by atoms with Crippen molar-refractivity contribution in [2.75, 3.05) is 13.2 Å². The summed E-state index contributed by atoms with van der Waals surface area (Å²) in [7, 11) is 0. The summed E-state index contributed by atoms with van der Waals surface area (Å²) < 4.78 is 5.75. The molecule has 0 radical (unpaired) electrons. The van der Waals surface area contributed by atoms with Crippen molar-refractivity contribution in [2.24, 2.45) is 11.8 Å². The van der Waals surface area contributed by atoms with E-state index < -0.39 is 0 Å². The van der Waals surface area contributed by atoms with E-state index in [-0.39, 0.29) is 11.8 Å². The molecule has 0 saturated carbocycles. The molecule has 0 spiro atoms. The lowest BCUT2D eigenvalue weighted by Crippen LogP contribution is -2.38. The molecule has 3 heteroatoms. The topological polar surface area (TPSA) is 38.3 Å². The van der Waals surface area contributed by atoms with Gasteiger partial charge in [0.2, 0.25) is 5.91 Å². The predicted octanol–water partition coefficient (Wildman–Crippen LogP) is 2.71. The van der Waals surface area contributed by atoms with E-state index in [1.54, 1.807) is 0 Å². The molecule has 20 heavy (non-hydrogen) atoms. The molecule has 1 heterocycles. The number of hydrogen-bond donors (Lipinski definition) is 1. The maximum atomic E-state index is 12.1. The smallest absolute Gasteiger partial charge is 0.223 e. The Hall–Kier alpha value is -1.77. The zero-order valence-corrected chi connectivity index (χ0v) is 11.7. The van der Waals surface area contributed by atoms with Gasteiger partial charge in [0.1, 0.15) is 5.75 Å². The van der Waals surface area contributed by atoms with Crippen LogP contribution in [0.1, 0.15) is 24.8 Å². The van der Waals surface area contributed by atoms with Crippen molar-refractivity contribution in [3.8, 4) is 5.75 Å². The Balaban J connectivity index is 1.50. The van der Waals surface area contributed by atoms with Gasteiger partial charge in [0.15, 0.2) is 0 Å². The number of ether oxygens (including phenoxy) is 1. The maximum Gasteiger partial charge on any atom is 0.223 e. The molecule has 1 aliphatic carbocycles. The second-order valence-corrected chi connectivity index (χ2v) is 5.72. The van der Waals surface area contributed by atoms with E-state index in [0.29, 0.717) is 19.1 Å². The minimum Gasteiger partial charge on any atom is -0.493 e. The fraction of sp³-hybridized carbons (Fsp3) is 0.471. The molecule has 106 valence electrons. The van der Waals surface area contributed by atoms with E-state index in [1.165, 1.54) is 5.56 Å². The van der Waals surface area contributed by atoms with E-state index in [9.17, 15) is 4.79 Å². The average Bonchev–Trinajstić information content (AvgIpc) is 2.53. The van der Waals surface area contributed by atoms with Crippen molar-refractivity contribution in [2.45, 2.75) is 25.7 Å². The molecule has 0 fully saturated rings. The summed E-state index contributed by atoms with van der Waals surface area (Å²) in [4.78, 5) is 12.1. The highest BCUT2D eigenvalue weighted by Crippen LogP contribution is 2.26. The molecule has 0 aromatic heterocycles. The molecule has 3 rings (SSSR count). The zero-order valence-electron chi connectivity index (χ0n) is 11.7. The van der Waals surface area contributed by atoms with Gasteiger partial charge >= 0.3 is 0 Å². The van der Waals surface area contributed by atoms with Crippen LogP contribution in [0.3, 0.4) is 0 Å². The number of fused-ring (bicyclic) bond motifs is 1. The van der Waals surface area contributed by atoms with E-state index in [0.717, 1.165) is 31.4 Å². The number of amides is 1. The lowest BCUT2D eigenvalue weighted by atomic mass is 9.93. The van der Waals surface area contributed by atoms with Gasteiger partial charge in [-0.25, -0.2) is 0 Å². The number of carbonyl (C=O) groups is 1. The number of nitrogens with one attached hydrogen (secondary N) is 1.